The fourth-order valence-corrected chi connectivity index (χ4v) is 9.36. The van der Waals surface area contributed by atoms with Gasteiger partial charge in [-0.3, -0.25) is 14.5 Å². The fraction of sp³-hybridized carbons (Fsp3) is 0.381. The number of carbonyl (C=O) groups excluding carboxylic acids is 2. The molecule has 274 valence electrons. The normalized spacial score (nSPS) is 22.4. The Morgan fingerprint density at radius 2 is 1.58 bits per heavy atom. The molecule has 0 fully saturated rings. The van der Waals surface area contributed by atoms with E-state index in [2.05, 4.69) is 32.0 Å². The van der Waals surface area contributed by atoms with E-state index in [1.807, 2.05) is 92.8 Å². The molecule has 3 aliphatic carbocycles. The third-order valence-electron chi connectivity index (χ3n) is 11.5. The SMILES string of the molecule is CN(C)[C@@H]1c2onc(OCc3ccccc3)c2C(=O)[C@@]2(O[Si](C)(C)C(C)(C)C)C(O)=C3C(=O)c4c(OCc5ccccc5)ccc(C#N)c4C[C@H]3C[C@@H]12. The number of Topliss-reactive ketones (excluding diaryl/α,β-unsaturated/α-hetero) is 2. The van der Waals surface area contributed by atoms with Crippen LogP contribution in [0.1, 0.15) is 82.0 Å². The van der Waals surface area contributed by atoms with Crippen molar-refractivity contribution in [3.8, 4) is 17.7 Å². The number of rotatable bonds is 9. The lowest BCUT2D eigenvalue weighted by Gasteiger charge is -2.55. The van der Waals surface area contributed by atoms with Gasteiger partial charge >= 0.3 is 0 Å². The van der Waals surface area contributed by atoms with Gasteiger partial charge in [-0.1, -0.05) is 81.4 Å². The van der Waals surface area contributed by atoms with Gasteiger partial charge in [-0.05, 0) is 85.0 Å². The van der Waals surface area contributed by atoms with E-state index < -0.39 is 49.1 Å². The number of allylic oxidation sites excluding steroid dienone is 1. The summed E-state index contributed by atoms with van der Waals surface area (Å²) in [5, 5.41) is 26.9. The van der Waals surface area contributed by atoms with Crippen molar-refractivity contribution in [2.75, 3.05) is 14.1 Å². The van der Waals surface area contributed by atoms with Crippen molar-refractivity contribution in [2.24, 2.45) is 11.8 Å². The lowest BCUT2D eigenvalue weighted by atomic mass is 9.58. The molecule has 53 heavy (non-hydrogen) atoms. The van der Waals surface area contributed by atoms with Crippen molar-refractivity contribution in [1.82, 2.24) is 10.1 Å². The molecule has 3 aromatic carbocycles. The van der Waals surface area contributed by atoms with Crippen LogP contribution in [0.2, 0.25) is 18.1 Å². The molecule has 0 aliphatic heterocycles. The minimum absolute atomic E-state index is 0.00728. The number of aromatic nitrogens is 1. The van der Waals surface area contributed by atoms with E-state index in [1.165, 1.54) is 0 Å². The molecule has 10 nitrogen and oxygen atoms in total. The van der Waals surface area contributed by atoms with Crippen LogP contribution in [0.15, 0.2) is 88.7 Å². The topological polar surface area (TPSA) is 135 Å². The molecule has 4 atom stereocenters. The van der Waals surface area contributed by atoms with Gasteiger partial charge in [-0.2, -0.15) is 5.26 Å². The van der Waals surface area contributed by atoms with Gasteiger partial charge in [0.1, 0.15) is 30.3 Å². The van der Waals surface area contributed by atoms with E-state index in [0.717, 1.165) is 11.1 Å². The van der Waals surface area contributed by atoms with E-state index in [1.54, 1.807) is 12.1 Å². The molecule has 0 radical (unpaired) electrons. The van der Waals surface area contributed by atoms with Crippen LogP contribution in [0.5, 0.6) is 11.6 Å². The zero-order valence-corrected chi connectivity index (χ0v) is 32.2. The molecule has 0 spiro atoms. The Hall–Kier alpha value is -5.02. The summed E-state index contributed by atoms with van der Waals surface area (Å²) in [6, 6.07) is 24.1. The summed E-state index contributed by atoms with van der Waals surface area (Å²) in [5.41, 5.74) is 1.22. The second-order valence-corrected chi connectivity index (χ2v) is 20.7. The molecule has 0 unspecified atom stereocenters. The molecule has 1 N–H and O–H groups in total. The summed E-state index contributed by atoms with van der Waals surface area (Å²) < 4.78 is 25.6. The molecule has 3 aliphatic rings. The molecule has 1 aromatic heterocycles. The Bertz CT molecular complexity index is 2150. The predicted octanol–water partition coefficient (Wildman–Crippen LogP) is 8.15. The van der Waals surface area contributed by atoms with Gasteiger partial charge in [-0.15, -0.1) is 0 Å². The molecule has 11 heteroatoms. The Labute approximate surface area is 311 Å². The summed E-state index contributed by atoms with van der Waals surface area (Å²) in [6.07, 6.45) is 0.593. The highest BCUT2D eigenvalue weighted by atomic mass is 28.4. The van der Waals surface area contributed by atoms with E-state index >= 15 is 4.79 Å². The minimum atomic E-state index is -2.88. The van der Waals surface area contributed by atoms with Crippen molar-refractivity contribution in [2.45, 2.75) is 76.6 Å². The Kier molecular flexibility index (Phi) is 9.21. The summed E-state index contributed by atoms with van der Waals surface area (Å²) >= 11 is 0. The maximum atomic E-state index is 15.4. The van der Waals surface area contributed by atoms with E-state index in [9.17, 15) is 15.2 Å². The molecule has 0 saturated heterocycles. The number of carbonyl (C=O) groups is 2. The number of benzene rings is 3. The maximum Gasteiger partial charge on any atom is 0.265 e. The summed E-state index contributed by atoms with van der Waals surface area (Å²) in [5.74, 6) is -1.95. The lowest BCUT2D eigenvalue weighted by molar-refractivity contribution is -0.0480. The van der Waals surface area contributed by atoms with Crippen LogP contribution in [0.25, 0.3) is 0 Å². The second kappa shape index (κ2) is 13.4. The number of aliphatic hydroxyl groups is 1. The first-order valence-electron chi connectivity index (χ1n) is 18.0. The van der Waals surface area contributed by atoms with Crippen LogP contribution in [0.4, 0.5) is 0 Å². The molecule has 7 rings (SSSR count). The number of nitrogens with zero attached hydrogens (tertiary/aromatic N) is 3. The van der Waals surface area contributed by atoms with Crippen LogP contribution >= 0.6 is 0 Å². The molecule has 0 bridgehead atoms. The Morgan fingerprint density at radius 3 is 2.17 bits per heavy atom. The first-order chi connectivity index (χ1) is 25.2. The van der Waals surface area contributed by atoms with Crippen molar-refractivity contribution in [1.29, 1.82) is 5.26 Å². The minimum Gasteiger partial charge on any atom is -0.508 e. The lowest BCUT2D eigenvalue weighted by Crippen LogP contribution is -2.65. The number of hydrogen-bond donors (Lipinski definition) is 1. The largest absolute Gasteiger partial charge is 0.508 e. The van der Waals surface area contributed by atoms with E-state index in [-0.39, 0.29) is 40.8 Å². The van der Waals surface area contributed by atoms with E-state index in [4.69, 9.17) is 18.4 Å². The number of nitriles is 1. The zero-order chi connectivity index (χ0) is 37.9. The highest BCUT2D eigenvalue weighted by molar-refractivity contribution is 6.74. The first-order valence-corrected chi connectivity index (χ1v) is 20.9. The van der Waals surface area contributed by atoms with Crippen LogP contribution in [0.3, 0.4) is 0 Å². The third-order valence-corrected chi connectivity index (χ3v) is 16.0. The number of aliphatic hydroxyl groups excluding tert-OH is 1. The molecule has 1 heterocycles. The molecular formula is C42H45N3O7Si. The summed E-state index contributed by atoms with van der Waals surface area (Å²) in [7, 11) is 0.892. The van der Waals surface area contributed by atoms with Crippen molar-refractivity contribution in [3.63, 3.8) is 0 Å². The standard InChI is InChI=1S/C42H45N3O7Si/c1-41(2,3)53(6,7)52-42-30(35(45(4)5)37-34(39(42)48)40(44-51-37)50-24-26-16-12-9-13-17-26)21-28-20-29-27(22-43)18-19-31(33(29)36(46)32(28)38(42)47)49-23-25-14-10-8-11-15-25/h8-19,28,30,35,47H,20-21,23-24H2,1-7H3/t28-,30-,35-,42-/m0/s1. The quantitative estimate of drug-likeness (QED) is 0.168. The van der Waals surface area contributed by atoms with Gasteiger partial charge in [0, 0.05) is 11.5 Å². The van der Waals surface area contributed by atoms with Crippen LogP contribution in [0, 0.1) is 23.2 Å². The van der Waals surface area contributed by atoms with Crippen LogP contribution in [-0.2, 0) is 24.1 Å². The molecule has 0 saturated carbocycles. The van der Waals surface area contributed by atoms with Crippen LogP contribution < -0.4 is 9.47 Å². The maximum absolute atomic E-state index is 15.4. The average molecular weight is 732 g/mol. The van der Waals surface area contributed by atoms with Crippen molar-refractivity contribution < 1.29 is 33.1 Å². The molecular weight excluding hydrogens is 687 g/mol. The number of fused-ring (bicyclic) bond motifs is 4. The number of ketones is 2. The summed E-state index contributed by atoms with van der Waals surface area (Å²) in [4.78, 5) is 32.3. The Balaban J connectivity index is 1.41. The second-order valence-electron chi connectivity index (χ2n) is 16.0. The van der Waals surface area contributed by atoms with Gasteiger partial charge in [0.15, 0.2) is 25.5 Å². The van der Waals surface area contributed by atoms with Crippen LogP contribution in [-0.4, -0.2) is 54.7 Å². The fourth-order valence-electron chi connectivity index (χ4n) is 7.90. The molecule has 4 aromatic rings. The predicted molar refractivity (Wildman–Crippen MR) is 200 cm³/mol. The highest BCUT2D eigenvalue weighted by Gasteiger charge is 2.67. The van der Waals surface area contributed by atoms with Crippen molar-refractivity contribution >= 4 is 19.9 Å². The summed E-state index contributed by atoms with van der Waals surface area (Å²) in [6.45, 7) is 10.6. The van der Waals surface area contributed by atoms with Crippen molar-refractivity contribution in [3.05, 3.63) is 123 Å². The van der Waals surface area contributed by atoms with E-state index in [0.29, 0.717) is 35.5 Å². The third kappa shape index (κ3) is 5.99. The van der Waals surface area contributed by atoms with Gasteiger partial charge in [0.2, 0.25) is 5.78 Å². The van der Waals surface area contributed by atoms with Gasteiger partial charge in [0.25, 0.3) is 5.88 Å². The monoisotopic (exact) mass is 731 g/mol. The smallest absolute Gasteiger partial charge is 0.265 e. The van der Waals surface area contributed by atoms with Gasteiger partial charge in [-0.25, -0.2) is 0 Å². The highest BCUT2D eigenvalue weighted by Crippen LogP contribution is 2.59. The average Bonchev–Trinajstić information content (AvgIpc) is 3.54. The zero-order valence-electron chi connectivity index (χ0n) is 31.2. The van der Waals surface area contributed by atoms with Gasteiger partial charge < -0.3 is 23.5 Å². The first kappa shape index (κ1) is 36.3. The number of hydrogen-bond acceptors (Lipinski definition) is 10. The number of ether oxygens (including phenoxy) is 2. The van der Waals surface area contributed by atoms with Gasteiger partial charge in [0.05, 0.1) is 23.2 Å². The Morgan fingerprint density at radius 1 is 0.962 bits per heavy atom. The molecule has 0 amide bonds.